The molecule has 3 aromatic rings. The maximum Gasteiger partial charge on any atom is 0.253 e. The van der Waals surface area contributed by atoms with Crippen molar-refractivity contribution in [2.24, 2.45) is 0 Å². The van der Waals surface area contributed by atoms with E-state index < -0.39 is 10.9 Å². The number of aryl methyl sites for hydroxylation is 2. The fourth-order valence-corrected chi connectivity index (χ4v) is 4.26. The first-order valence-electron chi connectivity index (χ1n) is 9.92. The molecule has 2 N–H and O–H groups in total. The zero-order chi connectivity index (χ0) is 21.0. The number of thiophene rings is 1. The van der Waals surface area contributed by atoms with Crippen molar-refractivity contribution < 1.29 is 0 Å². The predicted octanol–water partition coefficient (Wildman–Crippen LogP) is 3.20. The zero-order valence-corrected chi connectivity index (χ0v) is 18.4. The normalized spacial score (nSPS) is 12.4. The first-order valence-corrected chi connectivity index (χ1v) is 10.9. The van der Waals surface area contributed by atoms with Gasteiger partial charge in [0.1, 0.15) is 11.4 Å². The molecule has 3 rings (SSSR count). The van der Waals surface area contributed by atoms with E-state index in [4.69, 9.17) is 0 Å². The molecule has 1 heterocycles. The van der Waals surface area contributed by atoms with Gasteiger partial charge in [0, 0.05) is 19.1 Å². The highest BCUT2D eigenvalue weighted by Gasteiger charge is 2.22. The summed E-state index contributed by atoms with van der Waals surface area (Å²) in [6.07, 6.45) is 1.71. The highest BCUT2D eigenvalue weighted by atomic mass is 32.1. The monoisotopic (exact) mass is 411 g/mol. The second-order valence-corrected chi connectivity index (χ2v) is 8.57. The molecule has 1 atom stereocenters. The van der Waals surface area contributed by atoms with Crippen LogP contribution in [0.25, 0.3) is 0 Å². The summed E-state index contributed by atoms with van der Waals surface area (Å²) in [5, 5.41) is 10.5. The average molecular weight is 412 g/mol. The number of nitrogens with one attached hydrogen (secondary N) is 2. The smallest absolute Gasteiger partial charge is 0.253 e. The lowest BCUT2D eigenvalue weighted by atomic mass is 9.96. The van der Waals surface area contributed by atoms with E-state index in [1.807, 2.05) is 19.5 Å². The van der Waals surface area contributed by atoms with Gasteiger partial charge in [-0.3, -0.25) is 9.59 Å². The molecule has 6 heteroatoms. The second kappa shape index (κ2) is 9.37. The molecule has 0 aliphatic rings. The van der Waals surface area contributed by atoms with Gasteiger partial charge in [-0.15, -0.1) is 0 Å². The number of anilines is 2. The Morgan fingerprint density at radius 1 is 1.00 bits per heavy atom. The standard InChI is InChI=1S/C23H29N3O2S/c1-15-6-5-7-16(2)19(15)12-18(26(3)4)13-25-21-20(22(27)23(21)28)24-10-8-17-9-11-29-14-17/h5-7,9,11,14,18,24-25H,8,10,12-13H2,1-4H3/t18-/m1/s1. The molecule has 154 valence electrons. The average Bonchev–Trinajstić information content (AvgIpc) is 3.20. The molecule has 0 spiro atoms. The largest absolute Gasteiger partial charge is 0.380 e. The molecule has 29 heavy (non-hydrogen) atoms. The molecule has 1 aromatic heterocycles. The van der Waals surface area contributed by atoms with E-state index in [0.29, 0.717) is 24.5 Å². The SMILES string of the molecule is Cc1cccc(C)c1C[C@H](CNc1c(NCCc2ccsc2)c(=O)c1=O)N(C)C. The number of rotatable bonds is 10. The summed E-state index contributed by atoms with van der Waals surface area (Å²) in [6.45, 7) is 5.50. The number of benzene rings is 1. The van der Waals surface area contributed by atoms with Crippen LogP contribution in [0.5, 0.6) is 0 Å². The van der Waals surface area contributed by atoms with E-state index in [9.17, 15) is 9.59 Å². The molecular weight excluding hydrogens is 382 g/mol. The van der Waals surface area contributed by atoms with Gasteiger partial charge in [0.15, 0.2) is 0 Å². The lowest BCUT2D eigenvalue weighted by Crippen LogP contribution is -2.42. The van der Waals surface area contributed by atoms with Gasteiger partial charge in [0.2, 0.25) is 0 Å². The van der Waals surface area contributed by atoms with Gasteiger partial charge >= 0.3 is 0 Å². The topological polar surface area (TPSA) is 61.4 Å². The summed E-state index contributed by atoms with van der Waals surface area (Å²) in [5.41, 5.74) is 5.14. The fraction of sp³-hybridized carbons (Fsp3) is 0.391. The lowest BCUT2D eigenvalue weighted by Gasteiger charge is -2.27. The van der Waals surface area contributed by atoms with Gasteiger partial charge in [-0.05, 0) is 79.9 Å². The fourth-order valence-electron chi connectivity index (χ4n) is 3.56. The van der Waals surface area contributed by atoms with E-state index in [0.717, 1.165) is 12.8 Å². The molecule has 5 nitrogen and oxygen atoms in total. The number of nitrogens with zero attached hydrogens (tertiary/aromatic N) is 1. The summed E-state index contributed by atoms with van der Waals surface area (Å²) in [6, 6.07) is 8.62. The van der Waals surface area contributed by atoms with Crippen LogP contribution >= 0.6 is 11.3 Å². The van der Waals surface area contributed by atoms with Crippen molar-refractivity contribution in [2.75, 3.05) is 37.8 Å². The summed E-state index contributed by atoms with van der Waals surface area (Å²) in [7, 11) is 4.09. The van der Waals surface area contributed by atoms with Crippen LogP contribution in [0.4, 0.5) is 11.4 Å². The summed E-state index contributed by atoms with van der Waals surface area (Å²) < 4.78 is 0. The summed E-state index contributed by atoms with van der Waals surface area (Å²) in [5.74, 6) is 0. The van der Waals surface area contributed by atoms with Crippen molar-refractivity contribution in [3.05, 3.63) is 77.7 Å². The summed E-state index contributed by atoms with van der Waals surface area (Å²) >= 11 is 1.66. The Bertz CT molecular complexity index is 997. The van der Waals surface area contributed by atoms with Crippen LogP contribution < -0.4 is 21.5 Å². The quantitative estimate of drug-likeness (QED) is 0.502. The first kappa shape index (κ1) is 21.3. The Kier molecular flexibility index (Phi) is 6.87. The van der Waals surface area contributed by atoms with Gasteiger partial charge in [-0.25, -0.2) is 0 Å². The highest BCUT2D eigenvalue weighted by Crippen LogP contribution is 2.19. The highest BCUT2D eigenvalue weighted by molar-refractivity contribution is 7.07. The summed E-state index contributed by atoms with van der Waals surface area (Å²) in [4.78, 5) is 26.3. The molecule has 2 aromatic carbocycles. The third-order valence-electron chi connectivity index (χ3n) is 5.53. The molecule has 0 aliphatic heterocycles. The van der Waals surface area contributed by atoms with E-state index >= 15 is 0 Å². The molecule has 0 saturated carbocycles. The molecular formula is C23H29N3O2S. The first-order chi connectivity index (χ1) is 13.9. The Labute approximate surface area is 176 Å². The maximum atomic E-state index is 12.1. The van der Waals surface area contributed by atoms with E-state index in [-0.39, 0.29) is 6.04 Å². The maximum absolute atomic E-state index is 12.1. The minimum Gasteiger partial charge on any atom is -0.380 e. The van der Waals surface area contributed by atoms with Crippen molar-refractivity contribution >= 4 is 22.7 Å². The van der Waals surface area contributed by atoms with E-state index in [2.05, 4.69) is 59.0 Å². The van der Waals surface area contributed by atoms with Crippen molar-refractivity contribution in [1.82, 2.24) is 4.90 Å². The van der Waals surface area contributed by atoms with Crippen LogP contribution in [-0.2, 0) is 12.8 Å². The van der Waals surface area contributed by atoms with Crippen LogP contribution in [0.1, 0.15) is 22.3 Å². The van der Waals surface area contributed by atoms with Gasteiger partial charge in [0.05, 0.1) is 0 Å². The van der Waals surface area contributed by atoms with E-state index in [1.165, 1.54) is 22.3 Å². The van der Waals surface area contributed by atoms with Gasteiger partial charge in [-0.1, -0.05) is 18.2 Å². The minimum atomic E-state index is -0.424. The van der Waals surface area contributed by atoms with E-state index in [1.54, 1.807) is 11.3 Å². The Balaban J connectivity index is 1.63. The number of hydrogen-bond acceptors (Lipinski definition) is 6. The van der Waals surface area contributed by atoms with Crippen molar-refractivity contribution in [1.29, 1.82) is 0 Å². The predicted molar refractivity (Wildman–Crippen MR) is 123 cm³/mol. The molecule has 0 fully saturated rings. The second-order valence-electron chi connectivity index (χ2n) is 7.79. The Morgan fingerprint density at radius 3 is 2.24 bits per heavy atom. The minimum absolute atomic E-state index is 0.206. The molecule has 0 saturated heterocycles. The van der Waals surface area contributed by atoms with Crippen molar-refractivity contribution in [3.8, 4) is 0 Å². The molecule has 0 unspecified atom stereocenters. The van der Waals surface area contributed by atoms with Crippen LogP contribution in [-0.4, -0.2) is 38.1 Å². The lowest BCUT2D eigenvalue weighted by molar-refractivity contribution is 0.303. The zero-order valence-electron chi connectivity index (χ0n) is 17.5. The van der Waals surface area contributed by atoms with Gasteiger partial charge in [0.25, 0.3) is 10.9 Å². The molecule has 0 bridgehead atoms. The van der Waals surface area contributed by atoms with Crippen molar-refractivity contribution in [3.63, 3.8) is 0 Å². The van der Waals surface area contributed by atoms with Crippen LogP contribution in [0.3, 0.4) is 0 Å². The van der Waals surface area contributed by atoms with Crippen LogP contribution in [0.15, 0.2) is 44.6 Å². The molecule has 0 amide bonds. The van der Waals surface area contributed by atoms with Crippen LogP contribution in [0, 0.1) is 13.8 Å². The number of hydrogen-bond donors (Lipinski definition) is 2. The number of likely N-dealkylation sites (N-methyl/N-ethyl adjacent to an activating group) is 1. The van der Waals surface area contributed by atoms with Gasteiger partial charge < -0.3 is 15.5 Å². The van der Waals surface area contributed by atoms with Crippen molar-refractivity contribution in [2.45, 2.75) is 32.7 Å². The molecule has 0 aliphatic carbocycles. The molecule has 0 radical (unpaired) electrons. The Hall–Kier alpha value is -2.44. The Morgan fingerprint density at radius 2 is 1.66 bits per heavy atom. The van der Waals surface area contributed by atoms with Gasteiger partial charge in [-0.2, -0.15) is 11.3 Å². The van der Waals surface area contributed by atoms with Crippen LogP contribution in [0.2, 0.25) is 0 Å². The third kappa shape index (κ3) is 4.95. The third-order valence-corrected chi connectivity index (χ3v) is 6.27.